The molecule has 0 amide bonds. The number of benzene rings is 1. The summed E-state index contributed by atoms with van der Waals surface area (Å²) >= 11 is 3.43. The smallest absolute Gasteiger partial charge is 0.119 e. The van der Waals surface area contributed by atoms with Gasteiger partial charge < -0.3 is 14.8 Å². The van der Waals surface area contributed by atoms with E-state index in [0.717, 1.165) is 43.0 Å². The van der Waals surface area contributed by atoms with Gasteiger partial charge in [0.25, 0.3) is 0 Å². The lowest BCUT2D eigenvalue weighted by molar-refractivity contribution is 0.129. The van der Waals surface area contributed by atoms with E-state index in [4.69, 9.17) is 9.47 Å². The van der Waals surface area contributed by atoms with Crippen LogP contribution in [0.25, 0.3) is 0 Å². The van der Waals surface area contributed by atoms with Crippen LogP contribution in [-0.2, 0) is 4.74 Å². The first kappa shape index (κ1) is 16.7. The van der Waals surface area contributed by atoms with E-state index in [9.17, 15) is 0 Å². The van der Waals surface area contributed by atoms with Crippen molar-refractivity contribution < 1.29 is 9.47 Å². The van der Waals surface area contributed by atoms with Crippen LogP contribution in [0.15, 0.2) is 28.7 Å². The molecule has 0 saturated carbocycles. The molecule has 1 fully saturated rings. The maximum absolute atomic E-state index is 5.81. The zero-order chi connectivity index (χ0) is 14.9. The molecule has 1 heterocycles. The van der Waals surface area contributed by atoms with Gasteiger partial charge in [0.1, 0.15) is 12.4 Å². The number of halogens is 1. The molecule has 1 N–H and O–H groups in total. The maximum atomic E-state index is 5.81. The summed E-state index contributed by atoms with van der Waals surface area (Å²) in [7, 11) is 1.75. The Balaban J connectivity index is 1.73. The van der Waals surface area contributed by atoms with Crippen molar-refractivity contribution >= 4 is 15.9 Å². The van der Waals surface area contributed by atoms with E-state index < -0.39 is 0 Å². The van der Waals surface area contributed by atoms with Crippen molar-refractivity contribution in [3.63, 3.8) is 0 Å². The van der Waals surface area contributed by atoms with Crippen molar-refractivity contribution in [2.45, 2.75) is 18.9 Å². The largest absolute Gasteiger partial charge is 0.492 e. The number of hydrogen-bond donors (Lipinski definition) is 1. The summed E-state index contributed by atoms with van der Waals surface area (Å²) in [6.45, 7) is 5.59. The summed E-state index contributed by atoms with van der Waals surface area (Å²) in [5.41, 5.74) is 0. The molecule has 0 aliphatic carbocycles. The van der Waals surface area contributed by atoms with Crippen molar-refractivity contribution in [3.8, 4) is 5.75 Å². The van der Waals surface area contributed by atoms with Crippen LogP contribution in [0, 0.1) is 0 Å². The van der Waals surface area contributed by atoms with E-state index >= 15 is 0 Å². The molecule has 118 valence electrons. The van der Waals surface area contributed by atoms with Crippen molar-refractivity contribution in [1.82, 2.24) is 10.2 Å². The Bertz CT molecular complexity index is 394. The Morgan fingerprint density at radius 3 is 2.67 bits per heavy atom. The number of nitrogens with zero attached hydrogens (tertiary/aromatic N) is 1. The van der Waals surface area contributed by atoms with E-state index in [1.54, 1.807) is 7.11 Å². The highest BCUT2D eigenvalue weighted by Crippen LogP contribution is 2.16. The van der Waals surface area contributed by atoms with Crippen LogP contribution in [-0.4, -0.2) is 57.4 Å². The first-order chi connectivity index (χ1) is 10.3. The predicted octanol–water partition coefficient (Wildman–Crippen LogP) is 2.53. The SMILES string of the molecule is COCCN(CCOc1ccc(Br)cc1)CC1CCCN1. The summed E-state index contributed by atoms with van der Waals surface area (Å²) in [6, 6.07) is 8.60. The molecule has 1 aromatic carbocycles. The summed E-state index contributed by atoms with van der Waals surface area (Å²) in [5, 5.41) is 3.55. The second kappa shape index (κ2) is 9.41. The molecule has 2 rings (SSSR count). The molecule has 5 heteroatoms. The highest BCUT2D eigenvalue weighted by atomic mass is 79.9. The second-order valence-electron chi connectivity index (χ2n) is 5.39. The highest BCUT2D eigenvalue weighted by Gasteiger charge is 2.17. The molecular formula is C16H25BrN2O2. The molecule has 0 spiro atoms. The van der Waals surface area contributed by atoms with Gasteiger partial charge in [-0.05, 0) is 43.7 Å². The summed E-state index contributed by atoms with van der Waals surface area (Å²) in [5.74, 6) is 0.920. The fourth-order valence-corrected chi connectivity index (χ4v) is 2.83. The lowest BCUT2D eigenvalue weighted by Gasteiger charge is -2.25. The van der Waals surface area contributed by atoms with Crippen LogP contribution >= 0.6 is 15.9 Å². The van der Waals surface area contributed by atoms with E-state index in [2.05, 4.69) is 26.1 Å². The summed E-state index contributed by atoms with van der Waals surface area (Å²) in [6.07, 6.45) is 2.56. The van der Waals surface area contributed by atoms with Crippen LogP contribution in [0.5, 0.6) is 5.75 Å². The fraction of sp³-hybridized carbons (Fsp3) is 0.625. The molecule has 0 aromatic heterocycles. The molecular weight excluding hydrogens is 332 g/mol. The first-order valence-electron chi connectivity index (χ1n) is 7.61. The second-order valence-corrected chi connectivity index (χ2v) is 6.30. The van der Waals surface area contributed by atoms with Gasteiger partial charge in [0.2, 0.25) is 0 Å². The molecule has 21 heavy (non-hydrogen) atoms. The molecule has 1 aliphatic rings. The molecule has 1 aliphatic heterocycles. The number of hydrogen-bond acceptors (Lipinski definition) is 4. The average Bonchev–Trinajstić information content (AvgIpc) is 2.99. The normalized spacial score (nSPS) is 18.3. The Hall–Kier alpha value is -0.620. The number of methoxy groups -OCH3 is 1. The zero-order valence-electron chi connectivity index (χ0n) is 12.7. The lowest BCUT2D eigenvalue weighted by Crippen LogP contribution is -2.41. The predicted molar refractivity (Wildman–Crippen MR) is 89.0 cm³/mol. The van der Waals surface area contributed by atoms with Gasteiger partial charge in [-0.1, -0.05) is 15.9 Å². The van der Waals surface area contributed by atoms with E-state index in [1.165, 1.54) is 12.8 Å². The van der Waals surface area contributed by atoms with Gasteiger partial charge in [-0.3, -0.25) is 4.90 Å². The first-order valence-corrected chi connectivity index (χ1v) is 8.40. The number of ether oxygens (including phenoxy) is 2. The van der Waals surface area contributed by atoms with Gasteiger partial charge in [0, 0.05) is 37.3 Å². The Labute approximate surface area is 135 Å². The van der Waals surface area contributed by atoms with Crippen molar-refractivity contribution in [2.24, 2.45) is 0 Å². The number of nitrogens with one attached hydrogen (secondary N) is 1. The third-order valence-electron chi connectivity index (χ3n) is 3.74. The van der Waals surface area contributed by atoms with Gasteiger partial charge in [0.15, 0.2) is 0 Å². The van der Waals surface area contributed by atoms with Crippen molar-refractivity contribution in [1.29, 1.82) is 0 Å². The van der Waals surface area contributed by atoms with Gasteiger partial charge in [-0.25, -0.2) is 0 Å². The third-order valence-corrected chi connectivity index (χ3v) is 4.27. The van der Waals surface area contributed by atoms with Crippen LogP contribution in [0.2, 0.25) is 0 Å². The van der Waals surface area contributed by atoms with Crippen LogP contribution in [0.3, 0.4) is 0 Å². The Kier molecular flexibility index (Phi) is 7.50. The summed E-state index contributed by atoms with van der Waals surface area (Å²) in [4.78, 5) is 2.42. The van der Waals surface area contributed by atoms with Crippen molar-refractivity contribution in [3.05, 3.63) is 28.7 Å². The average molecular weight is 357 g/mol. The standard InChI is InChI=1S/C16H25BrN2O2/c1-20-11-9-19(13-15-3-2-8-18-15)10-12-21-16-6-4-14(17)5-7-16/h4-7,15,18H,2-3,8-13H2,1H3. The number of rotatable bonds is 9. The molecule has 1 aromatic rings. The highest BCUT2D eigenvalue weighted by molar-refractivity contribution is 9.10. The lowest BCUT2D eigenvalue weighted by atomic mass is 10.2. The van der Waals surface area contributed by atoms with E-state index in [0.29, 0.717) is 12.6 Å². The molecule has 0 bridgehead atoms. The van der Waals surface area contributed by atoms with E-state index in [1.807, 2.05) is 24.3 Å². The summed E-state index contributed by atoms with van der Waals surface area (Å²) < 4.78 is 12.1. The Morgan fingerprint density at radius 1 is 1.24 bits per heavy atom. The topological polar surface area (TPSA) is 33.7 Å². The van der Waals surface area contributed by atoms with Crippen LogP contribution in [0.1, 0.15) is 12.8 Å². The molecule has 0 radical (unpaired) electrons. The Morgan fingerprint density at radius 2 is 2.00 bits per heavy atom. The van der Waals surface area contributed by atoms with Gasteiger partial charge in [-0.15, -0.1) is 0 Å². The molecule has 4 nitrogen and oxygen atoms in total. The molecule has 1 saturated heterocycles. The van der Waals surface area contributed by atoms with Crippen LogP contribution in [0.4, 0.5) is 0 Å². The minimum absolute atomic E-state index is 0.620. The fourth-order valence-electron chi connectivity index (χ4n) is 2.56. The van der Waals surface area contributed by atoms with Gasteiger partial charge in [0.05, 0.1) is 6.61 Å². The minimum atomic E-state index is 0.620. The maximum Gasteiger partial charge on any atom is 0.119 e. The quantitative estimate of drug-likeness (QED) is 0.737. The minimum Gasteiger partial charge on any atom is -0.492 e. The molecule has 1 atom stereocenters. The van der Waals surface area contributed by atoms with Gasteiger partial charge in [-0.2, -0.15) is 0 Å². The van der Waals surface area contributed by atoms with E-state index in [-0.39, 0.29) is 0 Å². The van der Waals surface area contributed by atoms with Crippen LogP contribution < -0.4 is 10.1 Å². The molecule has 1 unspecified atom stereocenters. The third kappa shape index (κ3) is 6.34. The van der Waals surface area contributed by atoms with Crippen molar-refractivity contribution in [2.75, 3.05) is 46.5 Å². The van der Waals surface area contributed by atoms with Gasteiger partial charge >= 0.3 is 0 Å². The zero-order valence-corrected chi connectivity index (χ0v) is 14.3. The monoisotopic (exact) mass is 356 g/mol.